The lowest BCUT2D eigenvalue weighted by molar-refractivity contribution is 0.811. The van der Waals surface area contributed by atoms with Crippen LogP contribution in [0.5, 0.6) is 0 Å². The quantitative estimate of drug-likeness (QED) is 0.496. The number of hydrogen-bond acceptors (Lipinski definition) is 1. The maximum Gasteiger partial charge on any atom is 0.0607 e. The summed E-state index contributed by atoms with van der Waals surface area (Å²) in [5.74, 6) is 0. The van der Waals surface area contributed by atoms with E-state index in [1.807, 2.05) is 12.3 Å². The monoisotopic (exact) mass is 173 g/mol. The summed E-state index contributed by atoms with van der Waals surface area (Å²) in [6.07, 6.45) is 5.88. The van der Waals surface area contributed by atoms with Crippen molar-refractivity contribution in [2.75, 3.05) is 6.54 Å². The van der Waals surface area contributed by atoms with Crippen LogP contribution in [-0.4, -0.2) is 17.1 Å². The van der Waals surface area contributed by atoms with E-state index in [1.165, 1.54) is 0 Å². The Bertz CT molecular complexity index is 135. The van der Waals surface area contributed by atoms with E-state index in [1.54, 1.807) is 0 Å². The van der Waals surface area contributed by atoms with Crippen LogP contribution in [0, 0.1) is 0 Å². The zero-order valence-electron chi connectivity index (χ0n) is 4.76. The Labute approximate surface area is 57.6 Å². The Morgan fingerprint density at radius 1 is 1.75 bits per heavy atom. The molecule has 0 spiro atoms. The van der Waals surface area contributed by atoms with Crippen LogP contribution in [0.3, 0.4) is 0 Å². The van der Waals surface area contributed by atoms with Gasteiger partial charge in [-0.3, -0.25) is 4.99 Å². The molecule has 0 saturated carbocycles. The molecule has 1 nitrogen and oxygen atoms in total. The van der Waals surface area contributed by atoms with Crippen molar-refractivity contribution in [1.29, 1.82) is 0 Å². The molecule has 0 saturated heterocycles. The van der Waals surface area contributed by atoms with Crippen LogP contribution in [0.25, 0.3) is 0 Å². The van der Waals surface area contributed by atoms with E-state index in [2.05, 4.69) is 33.9 Å². The predicted octanol–water partition coefficient (Wildman–Crippen LogP) is 1.78. The number of alkyl halides is 1. The molecule has 0 N–H and O–H groups in total. The zero-order chi connectivity index (χ0) is 6.04. The Hall–Kier alpha value is -0.110. The SMILES string of the molecule is CC1(Br)C=CC=NC1. The minimum Gasteiger partial charge on any atom is -0.291 e. The van der Waals surface area contributed by atoms with Gasteiger partial charge in [-0.15, -0.1) is 0 Å². The maximum absolute atomic E-state index is 4.07. The molecule has 0 aliphatic carbocycles. The van der Waals surface area contributed by atoms with Crippen LogP contribution < -0.4 is 0 Å². The van der Waals surface area contributed by atoms with Gasteiger partial charge in [-0.05, 0) is 13.0 Å². The van der Waals surface area contributed by atoms with Gasteiger partial charge in [-0.25, -0.2) is 0 Å². The third kappa shape index (κ3) is 1.44. The van der Waals surface area contributed by atoms with Gasteiger partial charge in [0, 0.05) is 6.21 Å². The van der Waals surface area contributed by atoms with Crippen molar-refractivity contribution < 1.29 is 0 Å². The Balaban J connectivity index is 2.65. The molecule has 0 radical (unpaired) electrons. The maximum atomic E-state index is 4.07. The average Bonchev–Trinajstić information content (AvgIpc) is 1.65. The van der Waals surface area contributed by atoms with E-state index in [0.29, 0.717) is 0 Å². The molecular weight excluding hydrogens is 166 g/mol. The van der Waals surface area contributed by atoms with Crippen molar-refractivity contribution in [3.63, 3.8) is 0 Å². The number of nitrogens with zero attached hydrogens (tertiary/aromatic N) is 1. The molecular formula is C6H8BrN. The summed E-state index contributed by atoms with van der Waals surface area (Å²) in [4.78, 5) is 4.07. The molecule has 1 unspecified atom stereocenters. The van der Waals surface area contributed by atoms with E-state index in [0.717, 1.165) is 6.54 Å². The number of aliphatic imine (C=N–C) groups is 1. The minimum atomic E-state index is 0.113. The van der Waals surface area contributed by atoms with E-state index >= 15 is 0 Å². The van der Waals surface area contributed by atoms with Gasteiger partial charge in [0.05, 0.1) is 10.9 Å². The van der Waals surface area contributed by atoms with E-state index in [4.69, 9.17) is 0 Å². The van der Waals surface area contributed by atoms with Gasteiger partial charge in [-0.2, -0.15) is 0 Å². The molecule has 0 bridgehead atoms. The van der Waals surface area contributed by atoms with Gasteiger partial charge in [0.2, 0.25) is 0 Å². The molecule has 0 aromatic rings. The lowest BCUT2D eigenvalue weighted by atomic mass is 10.1. The number of hydrogen-bond donors (Lipinski definition) is 0. The second-order valence-corrected chi connectivity index (χ2v) is 3.94. The van der Waals surface area contributed by atoms with Crippen molar-refractivity contribution in [2.45, 2.75) is 11.2 Å². The van der Waals surface area contributed by atoms with Crippen molar-refractivity contribution in [2.24, 2.45) is 4.99 Å². The van der Waals surface area contributed by atoms with Crippen molar-refractivity contribution in [1.82, 2.24) is 0 Å². The van der Waals surface area contributed by atoms with Crippen molar-refractivity contribution in [3.8, 4) is 0 Å². The van der Waals surface area contributed by atoms with Crippen LogP contribution in [0.1, 0.15) is 6.92 Å². The molecule has 8 heavy (non-hydrogen) atoms. The molecule has 0 amide bonds. The van der Waals surface area contributed by atoms with Gasteiger partial charge < -0.3 is 0 Å². The summed E-state index contributed by atoms with van der Waals surface area (Å²) >= 11 is 3.49. The number of allylic oxidation sites excluding steroid dienone is 1. The fourth-order valence-electron chi connectivity index (χ4n) is 0.588. The molecule has 2 heteroatoms. The molecule has 0 fully saturated rings. The summed E-state index contributed by atoms with van der Waals surface area (Å²) in [5.41, 5.74) is 0. The van der Waals surface area contributed by atoms with Crippen LogP contribution in [0.4, 0.5) is 0 Å². The Morgan fingerprint density at radius 3 is 2.75 bits per heavy atom. The van der Waals surface area contributed by atoms with Crippen molar-refractivity contribution in [3.05, 3.63) is 12.2 Å². The summed E-state index contributed by atoms with van der Waals surface area (Å²) in [7, 11) is 0. The lowest BCUT2D eigenvalue weighted by Gasteiger charge is -2.16. The second kappa shape index (κ2) is 2.02. The van der Waals surface area contributed by atoms with Gasteiger partial charge in [-0.1, -0.05) is 22.0 Å². The second-order valence-electron chi connectivity index (χ2n) is 2.13. The topological polar surface area (TPSA) is 12.4 Å². The molecule has 1 aliphatic rings. The molecule has 44 valence electrons. The number of rotatable bonds is 0. The average molecular weight is 174 g/mol. The fraction of sp³-hybridized carbons (Fsp3) is 0.500. The normalized spacial score (nSPS) is 35.8. The van der Waals surface area contributed by atoms with Gasteiger partial charge in [0.15, 0.2) is 0 Å². The first-order valence-electron chi connectivity index (χ1n) is 2.57. The molecule has 1 rings (SSSR count). The highest BCUT2D eigenvalue weighted by molar-refractivity contribution is 9.10. The zero-order valence-corrected chi connectivity index (χ0v) is 6.35. The summed E-state index contributed by atoms with van der Waals surface area (Å²) < 4.78 is 0.113. The fourth-order valence-corrected chi connectivity index (χ4v) is 0.886. The van der Waals surface area contributed by atoms with Gasteiger partial charge in [0.25, 0.3) is 0 Å². The predicted molar refractivity (Wildman–Crippen MR) is 39.8 cm³/mol. The van der Waals surface area contributed by atoms with E-state index in [-0.39, 0.29) is 4.32 Å². The third-order valence-electron chi connectivity index (χ3n) is 1.04. The third-order valence-corrected chi connectivity index (χ3v) is 1.55. The highest BCUT2D eigenvalue weighted by Crippen LogP contribution is 2.20. The first kappa shape index (κ1) is 6.02. The molecule has 1 heterocycles. The Morgan fingerprint density at radius 2 is 2.50 bits per heavy atom. The summed E-state index contributed by atoms with van der Waals surface area (Å²) in [6.45, 7) is 2.95. The highest BCUT2D eigenvalue weighted by Gasteiger charge is 2.15. The first-order chi connectivity index (χ1) is 3.71. The van der Waals surface area contributed by atoms with Gasteiger partial charge in [0.1, 0.15) is 0 Å². The van der Waals surface area contributed by atoms with Crippen molar-refractivity contribution >= 4 is 22.1 Å². The van der Waals surface area contributed by atoms with E-state index in [9.17, 15) is 0 Å². The standard InChI is InChI=1S/C6H8BrN/c1-6(7)3-2-4-8-5-6/h2-4H,5H2,1H3. The van der Waals surface area contributed by atoms with Gasteiger partial charge >= 0.3 is 0 Å². The van der Waals surface area contributed by atoms with Crippen LogP contribution in [0.15, 0.2) is 17.1 Å². The lowest BCUT2D eigenvalue weighted by Crippen LogP contribution is -2.18. The number of halogens is 1. The molecule has 0 aromatic carbocycles. The largest absolute Gasteiger partial charge is 0.291 e. The number of dihydropyridines is 1. The Kier molecular flexibility index (Phi) is 1.52. The highest BCUT2D eigenvalue weighted by atomic mass is 79.9. The minimum absolute atomic E-state index is 0.113. The van der Waals surface area contributed by atoms with E-state index < -0.39 is 0 Å². The molecule has 1 atom stereocenters. The smallest absolute Gasteiger partial charge is 0.0607 e. The van der Waals surface area contributed by atoms with Crippen LogP contribution in [-0.2, 0) is 0 Å². The summed E-state index contributed by atoms with van der Waals surface area (Å²) in [6, 6.07) is 0. The van der Waals surface area contributed by atoms with Crippen LogP contribution >= 0.6 is 15.9 Å². The molecule has 0 aromatic heterocycles. The summed E-state index contributed by atoms with van der Waals surface area (Å²) in [5, 5.41) is 0. The van der Waals surface area contributed by atoms with Crippen LogP contribution in [0.2, 0.25) is 0 Å². The first-order valence-corrected chi connectivity index (χ1v) is 3.37. The molecule has 1 aliphatic heterocycles.